The van der Waals surface area contributed by atoms with Crippen molar-refractivity contribution in [3.05, 3.63) is 89.2 Å². The lowest BCUT2D eigenvalue weighted by Crippen LogP contribution is -2.49. The zero-order chi connectivity index (χ0) is 23.9. The van der Waals surface area contributed by atoms with E-state index in [4.69, 9.17) is 11.6 Å². The Bertz CT molecular complexity index is 1170. The number of hydrogen-bond donors (Lipinski definition) is 1. The largest absolute Gasteiger partial charge is 0.339 e. The van der Waals surface area contributed by atoms with E-state index < -0.39 is 0 Å². The number of nitrogens with zero attached hydrogens (tertiary/aromatic N) is 4. The van der Waals surface area contributed by atoms with E-state index in [-0.39, 0.29) is 11.8 Å². The number of halogens is 1. The first kappa shape index (κ1) is 23.4. The molecule has 0 radical (unpaired) electrons. The third kappa shape index (κ3) is 5.99. The Hall–Kier alpha value is -3.71. The van der Waals surface area contributed by atoms with Crippen molar-refractivity contribution < 1.29 is 9.59 Å². The highest BCUT2D eigenvalue weighted by molar-refractivity contribution is 6.32. The third-order valence-corrected chi connectivity index (χ3v) is 6.02. The Balaban J connectivity index is 1.28. The zero-order valence-electron chi connectivity index (χ0n) is 18.9. The second kappa shape index (κ2) is 10.9. The predicted octanol–water partition coefficient (Wildman–Crippen LogP) is 4.06. The lowest BCUT2D eigenvalue weighted by Gasteiger charge is -2.34. The SMILES string of the molecule is C/C(=C/C(=O)Nc1ccc(CC(=O)N2CCN(c3ncccn3)CC2)cc1)c1ccccc1Cl. The summed E-state index contributed by atoms with van der Waals surface area (Å²) in [6.07, 6.45) is 5.30. The van der Waals surface area contributed by atoms with Crippen LogP contribution >= 0.6 is 11.6 Å². The van der Waals surface area contributed by atoms with Crippen LogP contribution in [0.1, 0.15) is 18.1 Å². The number of aromatic nitrogens is 2. The van der Waals surface area contributed by atoms with Crippen LogP contribution in [0.5, 0.6) is 0 Å². The highest BCUT2D eigenvalue weighted by atomic mass is 35.5. The molecular formula is C26H26ClN5O2. The minimum Gasteiger partial charge on any atom is -0.339 e. The van der Waals surface area contributed by atoms with E-state index in [1.807, 2.05) is 54.3 Å². The van der Waals surface area contributed by atoms with E-state index in [0.29, 0.717) is 49.3 Å². The van der Waals surface area contributed by atoms with E-state index in [1.54, 1.807) is 24.5 Å². The van der Waals surface area contributed by atoms with Crippen LogP contribution in [-0.4, -0.2) is 52.9 Å². The van der Waals surface area contributed by atoms with Crippen molar-refractivity contribution in [2.45, 2.75) is 13.3 Å². The highest BCUT2D eigenvalue weighted by Gasteiger charge is 2.22. The molecule has 2 amide bonds. The van der Waals surface area contributed by atoms with Crippen LogP contribution in [0.2, 0.25) is 5.02 Å². The van der Waals surface area contributed by atoms with Crippen LogP contribution in [0.15, 0.2) is 73.1 Å². The van der Waals surface area contributed by atoms with E-state index in [9.17, 15) is 9.59 Å². The van der Waals surface area contributed by atoms with Crippen molar-refractivity contribution in [2.24, 2.45) is 0 Å². The molecule has 0 spiro atoms. The summed E-state index contributed by atoms with van der Waals surface area (Å²) in [5, 5.41) is 3.46. The Labute approximate surface area is 204 Å². The van der Waals surface area contributed by atoms with Gasteiger partial charge in [0, 0.05) is 55.4 Å². The maximum absolute atomic E-state index is 12.7. The van der Waals surface area contributed by atoms with Gasteiger partial charge in [-0.3, -0.25) is 9.59 Å². The van der Waals surface area contributed by atoms with Crippen LogP contribution < -0.4 is 10.2 Å². The summed E-state index contributed by atoms with van der Waals surface area (Å²) in [6, 6.07) is 16.6. The number of nitrogens with one attached hydrogen (secondary N) is 1. The lowest BCUT2D eigenvalue weighted by atomic mass is 10.1. The van der Waals surface area contributed by atoms with Gasteiger partial charge in [-0.15, -0.1) is 0 Å². The molecular weight excluding hydrogens is 450 g/mol. The second-order valence-electron chi connectivity index (χ2n) is 8.09. The number of rotatable bonds is 6. The molecule has 1 aromatic heterocycles. The smallest absolute Gasteiger partial charge is 0.248 e. The molecule has 1 fully saturated rings. The number of piperazine rings is 1. The fourth-order valence-corrected chi connectivity index (χ4v) is 4.12. The van der Waals surface area contributed by atoms with Gasteiger partial charge in [-0.05, 0) is 47.9 Å². The van der Waals surface area contributed by atoms with Gasteiger partial charge in [-0.25, -0.2) is 9.97 Å². The van der Waals surface area contributed by atoms with Gasteiger partial charge < -0.3 is 15.1 Å². The van der Waals surface area contributed by atoms with Crippen LogP contribution in [0, 0.1) is 0 Å². The molecule has 7 nitrogen and oxygen atoms in total. The van der Waals surface area contributed by atoms with E-state index in [0.717, 1.165) is 16.7 Å². The van der Waals surface area contributed by atoms with Crippen molar-refractivity contribution in [1.82, 2.24) is 14.9 Å². The van der Waals surface area contributed by atoms with Gasteiger partial charge in [0.2, 0.25) is 17.8 Å². The molecule has 4 rings (SSSR count). The number of amides is 2. The van der Waals surface area contributed by atoms with Crippen LogP contribution in [0.3, 0.4) is 0 Å². The summed E-state index contributed by atoms with van der Waals surface area (Å²) < 4.78 is 0. The van der Waals surface area contributed by atoms with Crippen molar-refractivity contribution in [3.8, 4) is 0 Å². The van der Waals surface area contributed by atoms with Crippen molar-refractivity contribution >= 4 is 40.6 Å². The number of carbonyl (C=O) groups excluding carboxylic acids is 2. The fraction of sp³-hybridized carbons (Fsp3) is 0.231. The van der Waals surface area contributed by atoms with Gasteiger partial charge in [-0.1, -0.05) is 41.9 Å². The Morgan fingerprint density at radius 2 is 1.65 bits per heavy atom. The van der Waals surface area contributed by atoms with Gasteiger partial charge in [-0.2, -0.15) is 0 Å². The molecule has 174 valence electrons. The van der Waals surface area contributed by atoms with Crippen molar-refractivity contribution in [2.75, 3.05) is 36.4 Å². The van der Waals surface area contributed by atoms with Gasteiger partial charge in [0.05, 0.1) is 6.42 Å². The van der Waals surface area contributed by atoms with Crippen LogP contribution in [-0.2, 0) is 16.0 Å². The highest BCUT2D eigenvalue weighted by Crippen LogP contribution is 2.23. The number of anilines is 2. The molecule has 3 aromatic rings. The summed E-state index contributed by atoms with van der Waals surface area (Å²) in [4.78, 5) is 37.7. The summed E-state index contributed by atoms with van der Waals surface area (Å²) in [5.41, 5.74) is 3.18. The third-order valence-electron chi connectivity index (χ3n) is 5.69. The molecule has 8 heteroatoms. The quantitative estimate of drug-likeness (QED) is 0.544. The zero-order valence-corrected chi connectivity index (χ0v) is 19.7. The normalized spacial score (nSPS) is 14.1. The number of allylic oxidation sites excluding steroid dienone is 1. The first-order valence-corrected chi connectivity index (χ1v) is 11.5. The van der Waals surface area contributed by atoms with E-state index in [1.165, 1.54) is 6.08 Å². The molecule has 2 aromatic carbocycles. The average molecular weight is 476 g/mol. The molecule has 0 unspecified atom stereocenters. The molecule has 0 bridgehead atoms. The first-order valence-electron chi connectivity index (χ1n) is 11.1. The number of carbonyl (C=O) groups is 2. The maximum Gasteiger partial charge on any atom is 0.248 e. The Morgan fingerprint density at radius 1 is 0.971 bits per heavy atom. The van der Waals surface area contributed by atoms with Crippen molar-refractivity contribution in [3.63, 3.8) is 0 Å². The predicted molar refractivity (Wildman–Crippen MR) is 135 cm³/mol. The Morgan fingerprint density at radius 3 is 2.32 bits per heavy atom. The van der Waals surface area contributed by atoms with Crippen LogP contribution in [0.4, 0.5) is 11.6 Å². The average Bonchev–Trinajstić information content (AvgIpc) is 2.86. The molecule has 2 heterocycles. The fourth-order valence-electron chi connectivity index (χ4n) is 3.84. The van der Waals surface area contributed by atoms with Gasteiger partial charge in [0.1, 0.15) is 0 Å². The Kier molecular flexibility index (Phi) is 7.54. The molecule has 1 aliphatic rings. The summed E-state index contributed by atoms with van der Waals surface area (Å²) in [7, 11) is 0. The molecule has 1 aliphatic heterocycles. The second-order valence-corrected chi connectivity index (χ2v) is 8.49. The maximum atomic E-state index is 12.7. The molecule has 0 aliphatic carbocycles. The minimum absolute atomic E-state index is 0.0868. The summed E-state index contributed by atoms with van der Waals surface area (Å²) >= 11 is 6.20. The van der Waals surface area contributed by atoms with Gasteiger partial charge >= 0.3 is 0 Å². The topological polar surface area (TPSA) is 78.4 Å². The standard InChI is InChI=1S/C26H26ClN5O2/c1-19(22-5-2-3-6-23(22)27)17-24(33)30-21-9-7-20(8-10-21)18-25(34)31-13-15-32(16-14-31)26-28-11-4-12-29-26/h2-12,17H,13-16,18H2,1H3,(H,30,33)/b19-17-. The molecule has 34 heavy (non-hydrogen) atoms. The summed E-state index contributed by atoms with van der Waals surface area (Å²) in [6.45, 7) is 4.55. The number of hydrogen-bond acceptors (Lipinski definition) is 5. The van der Waals surface area contributed by atoms with Gasteiger partial charge in [0.15, 0.2) is 0 Å². The monoisotopic (exact) mass is 475 g/mol. The lowest BCUT2D eigenvalue weighted by molar-refractivity contribution is -0.130. The van der Waals surface area contributed by atoms with Crippen LogP contribution in [0.25, 0.3) is 5.57 Å². The minimum atomic E-state index is -0.235. The molecule has 1 N–H and O–H groups in total. The van der Waals surface area contributed by atoms with E-state index >= 15 is 0 Å². The van der Waals surface area contributed by atoms with Gasteiger partial charge in [0.25, 0.3) is 0 Å². The summed E-state index contributed by atoms with van der Waals surface area (Å²) in [5.74, 6) is 0.550. The molecule has 0 saturated carbocycles. The van der Waals surface area contributed by atoms with Crippen molar-refractivity contribution in [1.29, 1.82) is 0 Å². The molecule has 0 atom stereocenters. The molecule has 1 saturated heterocycles. The van der Waals surface area contributed by atoms with E-state index in [2.05, 4.69) is 20.2 Å². The first-order chi connectivity index (χ1) is 16.5. The number of benzene rings is 2.